The SMILES string of the molecule is Cc1ccc(C)c(OCCCC(C)(C)CC(=C(F)F)c2ccc(-c3ccccc3)cc2)c1. The lowest BCUT2D eigenvalue weighted by atomic mass is 9.80. The molecule has 0 aliphatic heterocycles. The third-order valence-corrected chi connectivity index (χ3v) is 5.82. The van der Waals surface area contributed by atoms with Crippen LogP contribution >= 0.6 is 0 Å². The van der Waals surface area contributed by atoms with Crippen LogP contribution in [0.2, 0.25) is 0 Å². The van der Waals surface area contributed by atoms with Crippen molar-refractivity contribution in [1.29, 1.82) is 0 Å². The third kappa shape index (κ3) is 6.53. The quantitative estimate of drug-likeness (QED) is 0.306. The molecule has 0 saturated heterocycles. The molecular weight excluding hydrogens is 402 g/mol. The van der Waals surface area contributed by atoms with Crippen molar-refractivity contribution in [1.82, 2.24) is 0 Å². The van der Waals surface area contributed by atoms with Gasteiger partial charge >= 0.3 is 0 Å². The Balaban J connectivity index is 1.61. The summed E-state index contributed by atoms with van der Waals surface area (Å²) in [5.41, 5.74) is 4.83. The van der Waals surface area contributed by atoms with Crippen molar-refractivity contribution in [3.05, 3.63) is 95.6 Å². The largest absolute Gasteiger partial charge is 0.493 e. The summed E-state index contributed by atoms with van der Waals surface area (Å²) >= 11 is 0. The minimum Gasteiger partial charge on any atom is -0.493 e. The van der Waals surface area contributed by atoms with Crippen LogP contribution in [0.4, 0.5) is 8.78 Å². The molecule has 0 aromatic heterocycles. The third-order valence-electron chi connectivity index (χ3n) is 5.82. The molecule has 3 heteroatoms. The van der Waals surface area contributed by atoms with Gasteiger partial charge in [-0.15, -0.1) is 0 Å². The van der Waals surface area contributed by atoms with Crippen molar-refractivity contribution in [3.8, 4) is 16.9 Å². The molecule has 0 amide bonds. The van der Waals surface area contributed by atoms with Gasteiger partial charge in [-0.1, -0.05) is 80.6 Å². The van der Waals surface area contributed by atoms with Crippen LogP contribution in [0, 0.1) is 19.3 Å². The molecule has 3 aromatic carbocycles. The van der Waals surface area contributed by atoms with Gasteiger partial charge in [0.05, 0.1) is 6.61 Å². The first-order chi connectivity index (χ1) is 15.2. The summed E-state index contributed by atoms with van der Waals surface area (Å²) in [4.78, 5) is 0. The molecule has 1 nitrogen and oxygen atoms in total. The van der Waals surface area contributed by atoms with Gasteiger partial charge in [0.25, 0.3) is 6.08 Å². The number of hydrogen-bond donors (Lipinski definition) is 0. The van der Waals surface area contributed by atoms with Crippen LogP contribution in [0.1, 0.15) is 49.8 Å². The lowest BCUT2D eigenvalue weighted by Gasteiger charge is -2.26. The molecule has 0 heterocycles. The van der Waals surface area contributed by atoms with E-state index >= 15 is 0 Å². The Bertz CT molecular complexity index is 1050. The second kappa shape index (κ2) is 10.6. The molecule has 0 N–H and O–H groups in total. The van der Waals surface area contributed by atoms with Crippen LogP contribution in [-0.2, 0) is 0 Å². The monoisotopic (exact) mass is 434 g/mol. The highest BCUT2D eigenvalue weighted by Gasteiger charge is 2.23. The number of benzene rings is 3. The fraction of sp³-hybridized carbons (Fsp3) is 0.310. The van der Waals surface area contributed by atoms with Crippen LogP contribution in [0.15, 0.2) is 78.9 Å². The van der Waals surface area contributed by atoms with Gasteiger partial charge in [-0.05, 0) is 72.4 Å². The number of aryl methyl sites for hydroxylation is 2. The van der Waals surface area contributed by atoms with Crippen molar-refractivity contribution >= 4 is 5.57 Å². The van der Waals surface area contributed by atoms with E-state index in [1.165, 1.54) is 0 Å². The average molecular weight is 435 g/mol. The summed E-state index contributed by atoms with van der Waals surface area (Å²) in [6.07, 6.45) is 0.339. The molecule has 0 atom stereocenters. The van der Waals surface area contributed by atoms with Crippen LogP contribution in [0.25, 0.3) is 16.7 Å². The van der Waals surface area contributed by atoms with Gasteiger partial charge in [0, 0.05) is 5.57 Å². The Morgan fingerprint density at radius 3 is 2.16 bits per heavy atom. The second-order valence-corrected chi connectivity index (χ2v) is 9.24. The van der Waals surface area contributed by atoms with Gasteiger partial charge in [0.15, 0.2) is 0 Å². The van der Waals surface area contributed by atoms with E-state index in [1.807, 2.05) is 76.2 Å². The predicted molar refractivity (Wildman–Crippen MR) is 130 cm³/mol. The molecule has 3 aromatic rings. The van der Waals surface area contributed by atoms with Crippen molar-refractivity contribution in [2.45, 2.75) is 47.0 Å². The summed E-state index contributed by atoms with van der Waals surface area (Å²) in [7, 11) is 0. The smallest absolute Gasteiger partial charge is 0.274 e. The van der Waals surface area contributed by atoms with Crippen LogP contribution in [0.5, 0.6) is 5.75 Å². The Kier molecular flexibility index (Phi) is 7.84. The maximum absolute atomic E-state index is 13.9. The van der Waals surface area contributed by atoms with E-state index in [0.29, 0.717) is 18.6 Å². The first-order valence-electron chi connectivity index (χ1n) is 11.2. The van der Waals surface area contributed by atoms with Gasteiger partial charge < -0.3 is 4.74 Å². The second-order valence-electron chi connectivity index (χ2n) is 9.24. The minimum absolute atomic E-state index is 0.130. The van der Waals surface area contributed by atoms with Gasteiger partial charge in [-0.25, -0.2) is 0 Å². The molecule has 32 heavy (non-hydrogen) atoms. The lowest BCUT2D eigenvalue weighted by Crippen LogP contribution is -2.14. The lowest BCUT2D eigenvalue weighted by molar-refractivity contribution is 0.257. The Morgan fingerprint density at radius 2 is 1.50 bits per heavy atom. The van der Waals surface area contributed by atoms with Crippen LogP contribution in [0.3, 0.4) is 0 Å². The molecule has 3 rings (SSSR count). The summed E-state index contributed by atoms with van der Waals surface area (Å²) in [5.74, 6) is 0.900. The fourth-order valence-electron chi connectivity index (χ4n) is 3.94. The molecule has 0 saturated carbocycles. The van der Waals surface area contributed by atoms with Crippen LogP contribution in [-0.4, -0.2) is 6.61 Å². The number of ether oxygens (including phenoxy) is 1. The van der Waals surface area contributed by atoms with Crippen molar-refractivity contribution in [2.75, 3.05) is 6.61 Å². The van der Waals surface area contributed by atoms with Gasteiger partial charge in [0.1, 0.15) is 5.75 Å². The number of rotatable bonds is 9. The normalized spacial score (nSPS) is 11.3. The molecule has 0 spiro atoms. The van der Waals surface area contributed by atoms with Crippen molar-refractivity contribution in [3.63, 3.8) is 0 Å². The first-order valence-corrected chi connectivity index (χ1v) is 11.2. The Morgan fingerprint density at radius 1 is 0.844 bits per heavy atom. The predicted octanol–water partition coefficient (Wildman–Crippen LogP) is 8.85. The molecule has 0 unspecified atom stereocenters. The molecular formula is C29H32F2O. The summed E-state index contributed by atoms with van der Waals surface area (Å²) in [6, 6.07) is 23.5. The topological polar surface area (TPSA) is 9.23 Å². The van der Waals surface area contributed by atoms with E-state index in [1.54, 1.807) is 12.1 Å². The molecule has 0 radical (unpaired) electrons. The molecule has 0 fully saturated rings. The van der Waals surface area contributed by atoms with E-state index in [4.69, 9.17) is 4.74 Å². The highest BCUT2D eigenvalue weighted by molar-refractivity contribution is 5.71. The molecule has 0 bridgehead atoms. The van der Waals surface area contributed by atoms with E-state index in [-0.39, 0.29) is 11.0 Å². The fourth-order valence-corrected chi connectivity index (χ4v) is 3.94. The first kappa shape index (κ1) is 23.7. The highest BCUT2D eigenvalue weighted by Crippen LogP contribution is 2.37. The number of hydrogen-bond acceptors (Lipinski definition) is 1. The molecule has 168 valence electrons. The van der Waals surface area contributed by atoms with Crippen LogP contribution < -0.4 is 4.74 Å². The van der Waals surface area contributed by atoms with E-state index in [0.717, 1.165) is 40.8 Å². The van der Waals surface area contributed by atoms with Gasteiger partial charge in [0.2, 0.25) is 0 Å². The zero-order valence-electron chi connectivity index (χ0n) is 19.4. The van der Waals surface area contributed by atoms with E-state index < -0.39 is 6.08 Å². The minimum atomic E-state index is -1.60. The Hall–Kier alpha value is -2.94. The van der Waals surface area contributed by atoms with E-state index in [2.05, 4.69) is 12.1 Å². The Labute approximate surface area is 190 Å². The van der Waals surface area contributed by atoms with Gasteiger partial charge in [-0.2, -0.15) is 8.78 Å². The number of halogens is 2. The summed E-state index contributed by atoms with van der Waals surface area (Å²) in [5, 5.41) is 0. The summed E-state index contributed by atoms with van der Waals surface area (Å²) in [6.45, 7) is 8.75. The van der Waals surface area contributed by atoms with Crippen molar-refractivity contribution < 1.29 is 13.5 Å². The highest BCUT2D eigenvalue weighted by atomic mass is 19.3. The summed E-state index contributed by atoms with van der Waals surface area (Å²) < 4.78 is 33.7. The number of allylic oxidation sites excluding steroid dienone is 1. The molecule has 0 aliphatic rings. The zero-order valence-corrected chi connectivity index (χ0v) is 19.4. The zero-order chi connectivity index (χ0) is 23.1. The van der Waals surface area contributed by atoms with E-state index in [9.17, 15) is 8.78 Å². The molecule has 0 aliphatic carbocycles. The maximum Gasteiger partial charge on any atom is 0.274 e. The maximum atomic E-state index is 13.9. The average Bonchev–Trinajstić information content (AvgIpc) is 2.78. The van der Waals surface area contributed by atoms with Crippen molar-refractivity contribution in [2.24, 2.45) is 5.41 Å². The van der Waals surface area contributed by atoms with Gasteiger partial charge in [-0.3, -0.25) is 0 Å². The standard InChI is InChI=1S/C29H32F2O/c1-21-11-12-22(2)27(19-21)32-18-8-17-29(3,4)20-26(28(30)31)25-15-13-24(14-16-25)23-9-6-5-7-10-23/h5-7,9-16,19H,8,17-18,20H2,1-4H3.